The third-order valence-electron chi connectivity index (χ3n) is 4.31. The first-order valence-electron chi connectivity index (χ1n) is 7.51. The Morgan fingerprint density at radius 1 is 1.05 bits per heavy atom. The Bertz CT molecular complexity index is 619. The Hall–Kier alpha value is -2.00. The van der Waals surface area contributed by atoms with E-state index in [1.807, 2.05) is 6.92 Å². The standard InChI is InChI=1S/C18H21NO2/c1-12(18-16(20)10-5-11-17(18)21)19-15-9-4-7-13-6-2-3-8-14(13)15/h2-3,5-6,8,10-12,15,19-21H,4,7,9H2,1H3. The van der Waals surface area contributed by atoms with Crippen molar-refractivity contribution in [3.8, 4) is 11.5 Å². The first-order chi connectivity index (χ1) is 10.2. The normalized spacial score (nSPS) is 19.0. The smallest absolute Gasteiger partial charge is 0.124 e. The van der Waals surface area contributed by atoms with Crippen LogP contribution in [0.2, 0.25) is 0 Å². The van der Waals surface area contributed by atoms with E-state index in [-0.39, 0.29) is 23.6 Å². The summed E-state index contributed by atoms with van der Waals surface area (Å²) >= 11 is 0. The van der Waals surface area contributed by atoms with Crippen molar-refractivity contribution in [3.63, 3.8) is 0 Å². The highest BCUT2D eigenvalue weighted by molar-refractivity contribution is 5.45. The molecule has 0 saturated heterocycles. The van der Waals surface area contributed by atoms with E-state index >= 15 is 0 Å². The molecule has 0 spiro atoms. The molecule has 1 aliphatic carbocycles. The maximum absolute atomic E-state index is 9.99. The van der Waals surface area contributed by atoms with Gasteiger partial charge in [0.2, 0.25) is 0 Å². The molecular formula is C18H21NO2. The predicted molar refractivity (Wildman–Crippen MR) is 83.4 cm³/mol. The Balaban J connectivity index is 1.85. The molecule has 3 N–H and O–H groups in total. The fourth-order valence-corrected chi connectivity index (χ4v) is 3.30. The lowest BCUT2D eigenvalue weighted by atomic mass is 9.87. The number of phenols is 2. The van der Waals surface area contributed by atoms with E-state index < -0.39 is 0 Å². The molecule has 21 heavy (non-hydrogen) atoms. The minimum absolute atomic E-state index is 0.109. The molecule has 0 amide bonds. The van der Waals surface area contributed by atoms with Crippen LogP contribution in [-0.2, 0) is 6.42 Å². The summed E-state index contributed by atoms with van der Waals surface area (Å²) in [4.78, 5) is 0. The Morgan fingerprint density at radius 3 is 2.52 bits per heavy atom. The van der Waals surface area contributed by atoms with Crippen molar-refractivity contribution in [1.82, 2.24) is 5.32 Å². The molecule has 0 radical (unpaired) electrons. The first kappa shape index (κ1) is 14.0. The molecule has 3 rings (SSSR count). The summed E-state index contributed by atoms with van der Waals surface area (Å²) in [6.07, 6.45) is 3.37. The van der Waals surface area contributed by atoms with Gasteiger partial charge in [-0.2, -0.15) is 0 Å². The fourth-order valence-electron chi connectivity index (χ4n) is 3.30. The maximum Gasteiger partial charge on any atom is 0.124 e. The summed E-state index contributed by atoms with van der Waals surface area (Å²) in [5.74, 6) is 0.276. The van der Waals surface area contributed by atoms with Crippen LogP contribution in [0.4, 0.5) is 0 Å². The maximum atomic E-state index is 9.99. The van der Waals surface area contributed by atoms with Gasteiger partial charge in [0, 0.05) is 12.1 Å². The Kier molecular flexibility index (Phi) is 3.84. The lowest BCUT2D eigenvalue weighted by molar-refractivity contribution is 0.382. The first-order valence-corrected chi connectivity index (χ1v) is 7.51. The molecule has 0 heterocycles. The number of hydrogen-bond donors (Lipinski definition) is 3. The number of aryl methyl sites for hydroxylation is 1. The zero-order valence-electron chi connectivity index (χ0n) is 12.2. The fraction of sp³-hybridized carbons (Fsp3) is 0.333. The predicted octanol–water partition coefficient (Wildman–Crippen LogP) is 3.83. The average molecular weight is 283 g/mol. The highest BCUT2D eigenvalue weighted by atomic mass is 16.3. The molecule has 0 fully saturated rings. The van der Waals surface area contributed by atoms with Crippen LogP contribution in [-0.4, -0.2) is 10.2 Å². The number of hydrogen-bond acceptors (Lipinski definition) is 3. The number of fused-ring (bicyclic) bond motifs is 1. The molecule has 0 saturated carbocycles. The molecule has 2 aromatic carbocycles. The topological polar surface area (TPSA) is 52.5 Å². The summed E-state index contributed by atoms with van der Waals surface area (Å²) in [6.45, 7) is 1.98. The van der Waals surface area contributed by atoms with Crippen LogP contribution >= 0.6 is 0 Å². The van der Waals surface area contributed by atoms with Crippen molar-refractivity contribution in [2.24, 2.45) is 0 Å². The van der Waals surface area contributed by atoms with E-state index in [1.165, 1.54) is 11.1 Å². The van der Waals surface area contributed by atoms with Crippen LogP contribution in [0.15, 0.2) is 42.5 Å². The van der Waals surface area contributed by atoms with Crippen molar-refractivity contribution in [2.75, 3.05) is 0 Å². The van der Waals surface area contributed by atoms with Gasteiger partial charge in [-0.05, 0) is 49.4 Å². The zero-order chi connectivity index (χ0) is 14.8. The number of rotatable bonds is 3. The lowest BCUT2D eigenvalue weighted by Gasteiger charge is -2.29. The van der Waals surface area contributed by atoms with Crippen LogP contribution < -0.4 is 5.32 Å². The van der Waals surface area contributed by atoms with Crippen molar-refractivity contribution in [1.29, 1.82) is 0 Å². The van der Waals surface area contributed by atoms with Gasteiger partial charge in [-0.25, -0.2) is 0 Å². The molecule has 110 valence electrons. The minimum atomic E-state index is -0.109. The van der Waals surface area contributed by atoms with E-state index in [2.05, 4.69) is 29.6 Å². The molecule has 3 nitrogen and oxygen atoms in total. The second-order valence-corrected chi connectivity index (χ2v) is 5.74. The van der Waals surface area contributed by atoms with Crippen LogP contribution in [0.5, 0.6) is 11.5 Å². The largest absolute Gasteiger partial charge is 0.507 e. The summed E-state index contributed by atoms with van der Waals surface area (Å²) < 4.78 is 0. The molecule has 2 unspecified atom stereocenters. The highest BCUT2D eigenvalue weighted by Gasteiger charge is 2.23. The Labute approximate surface area is 125 Å². The number of aromatic hydroxyl groups is 2. The molecule has 0 bridgehead atoms. The number of benzene rings is 2. The van der Waals surface area contributed by atoms with E-state index in [4.69, 9.17) is 0 Å². The van der Waals surface area contributed by atoms with Gasteiger partial charge >= 0.3 is 0 Å². The Morgan fingerprint density at radius 2 is 1.76 bits per heavy atom. The summed E-state index contributed by atoms with van der Waals surface area (Å²) in [6, 6.07) is 13.5. The van der Waals surface area contributed by atoms with Crippen molar-refractivity contribution in [3.05, 3.63) is 59.2 Å². The number of nitrogens with one attached hydrogen (secondary N) is 1. The number of phenolic OH excluding ortho intramolecular Hbond substituents is 2. The summed E-state index contributed by atoms with van der Waals surface area (Å²) in [7, 11) is 0. The quantitative estimate of drug-likeness (QED) is 0.802. The third kappa shape index (κ3) is 2.74. The van der Waals surface area contributed by atoms with Crippen molar-refractivity contribution >= 4 is 0 Å². The molecule has 0 aliphatic heterocycles. The summed E-state index contributed by atoms with van der Waals surface area (Å²) in [5.41, 5.74) is 3.31. The van der Waals surface area contributed by atoms with Gasteiger partial charge in [0.15, 0.2) is 0 Å². The van der Waals surface area contributed by atoms with Gasteiger partial charge in [-0.15, -0.1) is 0 Å². The van der Waals surface area contributed by atoms with E-state index in [9.17, 15) is 10.2 Å². The van der Waals surface area contributed by atoms with Crippen LogP contribution in [0.1, 0.15) is 48.5 Å². The second kappa shape index (κ2) is 5.78. The average Bonchev–Trinajstić information content (AvgIpc) is 2.47. The van der Waals surface area contributed by atoms with E-state index in [0.717, 1.165) is 19.3 Å². The van der Waals surface area contributed by atoms with Crippen molar-refractivity contribution < 1.29 is 10.2 Å². The van der Waals surface area contributed by atoms with E-state index in [1.54, 1.807) is 18.2 Å². The highest BCUT2D eigenvalue weighted by Crippen LogP contribution is 2.36. The molecule has 1 aliphatic rings. The second-order valence-electron chi connectivity index (χ2n) is 5.74. The zero-order valence-corrected chi connectivity index (χ0v) is 12.2. The third-order valence-corrected chi connectivity index (χ3v) is 4.31. The van der Waals surface area contributed by atoms with Gasteiger partial charge < -0.3 is 15.5 Å². The monoisotopic (exact) mass is 283 g/mol. The van der Waals surface area contributed by atoms with Gasteiger partial charge in [0.1, 0.15) is 11.5 Å². The van der Waals surface area contributed by atoms with Gasteiger partial charge in [0.25, 0.3) is 0 Å². The lowest BCUT2D eigenvalue weighted by Crippen LogP contribution is -2.27. The summed E-state index contributed by atoms with van der Waals surface area (Å²) in [5, 5.41) is 23.5. The van der Waals surface area contributed by atoms with Crippen LogP contribution in [0.25, 0.3) is 0 Å². The molecule has 0 aromatic heterocycles. The SMILES string of the molecule is CC(NC1CCCc2ccccc21)c1c(O)cccc1O. The van der Waals surface area contributed by atoms with Crippen molar-refractivity contribution in [2.45, 2.75) is 38.3 Å². The minimum Gasteiger partial charge on any atom is -0.507 e. The van der Waals surface area contributed by atoms with E-state index in [0.29, 0.717) is 5.56 Å². The van der Waals surface area contributed by atoms with Crippen LogP contribution in [0.3, 0.4) is 0 Å². The van der Waals surface area contributed by atoms with Crippen LogP contribution in [0, 0.1) is 0 Å². The molecular weight excluding hydrogens is 262 g/mol. The van der Waals surface area contributed by atoms with Gasteiger partial charge in [-0.3, -0.25) is 0 Å². The van der Waals surface area contributed by atoms with Gasteiger partial charge in [-0.1, -0.05) is 30.3 Å². The molecule has 2 aromatic rings. The van der Waals surface area contributed by atoms with Gasteiger partial charge in [0.05, 0.1) is 5.56 Å². The molecule has 3 heteroatoms. The molecule has 2 atom stereocenters.